The largest absolute Gasteiger partial charge is 0.392 e. The molecule has 0 saturated heterocycles. The first-order valence-electron chi connectivity index (χ1n) is 8.39. The highest BCUT2D eigenvalue weighted by molar-refractivity contribution is 6.30. The van der Waals surface area contributed by atoms with Gasteiger partial charge in [0, 0.05) is 41.6 Å². The first-order valence-corrected chi connectivity index (χ1v) is 8.77. The van der Waals surface area contributed by atoms with E-state index in [1.165, 1.54) is 0 Å². The van der Waals surface area contributed by atoms with Crippen LogP contribution in [0.2, 0.25) is 5.02 Å². The van der Waals surface area contributed by atoms with Crippen molar-refractivity contribution in [2.75, 3.05) is 12.4 Å². The fourth-order valence-corrected chi connectivity index (χ4v) is 3.12. The molecule has 0 saturated carbocycles. The normalized spacial score (nSPS) is 10.7. The summed E-state index contributed by atoms with van der Waals surface area (Å²) in [4.78, 5) is 24.2. The second kappa shape index (κ2) is 8.20. The maximum absolute atomic E-state index is 12.7. The van der Waals surface area contributed by atoms with E-state index in [1.54, 1.807) is 31.4 Å². The first-order chi connectivity index (χ1) is 13.0. The van der Waals surface area contributed by atoms with Gasteiger partial charge in [0.05, 0.1) is 12.3 Å². The third-order valence-electron chi connectivity index (χ3n) is 4.15. The van der Waals surface area contributed by atoms with E-state index < -0.39 is 0 Å². The molecule has 3 aromatic rings. The number of halogens is 1. The Morgan fingerprint density at radius 3 is 2.85 bits per heavy atom. The number of aliphatic hydroxyl groups is 1. The number of aromatic amines is 1. The number of aliphatic hydroxyl groups excluding tert-OH is 1. The molecule has 27 heavy (non-hydrogen) atoms. The Bertz CT molecular complexity index is 970. The van der Waals surface area contributed by atoms with Crippen LogP contribution >= 0.6 is 11.6 Å². The maximum atomic E-state index is 12.7. The van der Waals surface area contributed by atoms with Gasteiger partial charge in [0.25, 0.3) is 5.91 Å². The van der Waals surface area contributed by atoms with Gasteiger partial charge in [0.15, 0.2) is 0 Å². The lowest BCUT2D eigenvalue weighted by molar-refractivity contribution is 0.0943. The predicted molar refractivity (Wildman–Crippen MR) is 105 cm³/mol. The Kier molecular flexibility index (Phi) is 5.73. The minimum Gasteiger partial charge on any atom is -0.392 e. The number of anilines is 1. The number of nitrogens with one attached hydrogen (secondary N) is 3. The van der Waals surface area contributed by atoms with Gasteiger partial charge in [-0.25, -0.2) is 9.97 Å². The van der Waals surface area contributed by atoms with Gasteiger partial charge < -0.3 is 20.7 Å². The lowest BCUT2D eigenvalue weighted by Gasteiger charge is -2.08. The van der Waals surface area contributed by atoms with Crippen molar-refractivity contribution in [2.45, 2.75) is 20.1 Å². The van der Waals surface area contributed by atoms with E-state index in [2.05, 4.69) is 25.6 Å². The molecule has 4 N–H and O–H groups in total. The smallest absolute Gasteiger partial charge is 0.268 e. The number of H-pyrrole nitrogens is 1. The molecule has 0 aliphatic rings. The SMILES string of the molecule is CNc1nccc(-c2c(C)[nH]c(C(=O)NCc3cccc(Cl)c3)c2CO)n1. The standard InChI is InChI=1S/C19H20ClN5O2/c1-11-16(15-6-7-22-19(21-2)25-15)14(10-26)17(24-11)18(27)23-9-12-4-3-5-13(20)8-12/h3-8,24,26H,9-10H2,1-2H3,(H,23,27)(H,21,22,25). The number of rotatable bonds is 6. The highest BCUT2D eigenvalue weighted by atomic mass is 35.5. The third kappa shape index (κ3) is 4.10. The van der Waals surface area contributed by atoms with Crippen LogP contribution in [0.15, 0.2) is 36.5 Å². The Morgan fingerprint density at radius 2 is 2.15 bits per heavy atom. The molecule has 0 fully saturated rings. The van der Waals surface area contributed by atoms with Crippen molar-refractivity contribution < 1.29 is 9.90 Å². The quantitative estimate of drug-likeness (QED) is 0.522. The van der Waals surface area contributed by atoms with Crippen LogP contribution in [0.3, 0.4) is 0 Å². The molecule has 0 radical (unpaired) electrons. The maximum Gasteiger partial charge on any atom is 0.268 e. The number of benzene rings is 1. The molecule has 3 rings (SSSR count). The van der Waals surface area contributed by atoms with Crippen LogP contribution in [-0.4, -0.2) is 33.0 Å². The van der Waals surface area contributed by atoms with Crippen molar-refractivity contribution in [3.63, 3.8) is 0 Å². The van der Waals surface area contributed by atoms with Crippen molar-refractivity contribution in [1.82, 2.24) is 20.3 Å². The lowest BCUT2D eigenvalue weighted by atomic mass is 10.1. The van der Waals surface area contributed by atoms with E-state index >= 15 is 0 Å². The number of aromatic nitrogens is 3. The Morgan fingerprint density at radius 1 is 1.33 bits per heavy atom. The van der Waals surface area contributed by atoms with Crippen molar-refractivity contribution in [1.29, 1.82) is 0 Å². The van der Waals surface area contributed by atoms with Gasteiger partial charge in [0.2, 0.25) is 5.95 Å². The summed E-state index contributed by atoms with van der Waals surface area (Å²) in [5.74, 6) is 0.153. The molecule has 0 atom stereocenters. The molecule has 1 aromatic carbocycles. The number of hydrogen-bond donors (Lipinski definition) is 4. The Labute approximate surface area is 161 Å². The van der Waals surface area contributed by atoms with Gasteiger partial charge in [0.1, 0.15) is 5.69 Å². The summed E-state index contributed by atoms with van der Waals surface area (Å²) in [5, 5.41) is 16.2. The molecule has 7 nitrogen and oxygen atoms in total. The molecule has 2 aromatic heterocycles. The number of carbonyl (C=O) groups excluding carboxylic acids is 1. The molecule has 2 heterocycles. The molecule has 0 bridgehead atoms. The molecule has 1 amide bonds. The zero-order valence-corrected chi connectivity index (χ0v) is 15.8. The minimum atomic E-state index is -0.309. The van der Waals surface area contributed by atoms with Gasteiger partial charge >= 0.3 is 0 Å². The number of carbonyl (C=O) groups is 1. The molecule has 140 valence electrons. The van der Waals surface area contributed by atoms with Crippen LogP contribution in [0.4, 0.5) is 5.95 Å². The number of amides is 1. The van der Waals surface area contributed by atoms with E-state index in [0.717, 1.165) is 11.3 Å². The minimum absolute atomic E-state index is 0.293. The van der Waals surface area contributed by atoms with Crippen LogP contribution in [0.1, 0.15) is 27.3 Å². The topological polar surface area (TPSA) is 103 Å². The number of hydrogen-bond acceptors (Lipinski definition) is 5. The van der Waals surface area contributed by atoms with Crippen LogP contribution in [0, 0.1) is 6.92 Å². The predicted octanol–water partition coefficient (Wildman–Crippen LogP) is 2.90. The zero-order chi connectivity index (χ0) is 19.4. The monoisotopic (exact) mass is 385 g/mol. The van der Waals surface area contributed by atoms with Crippen molar-refractivity contribution in [3.8, 4) is 11.3 Å². The van der Waals surface area contributed by atoms with E-state index in [9.17, 15) is 9.90 Å². The summed E-state index contributed by atoms with van der Waals surface area (Å²) in [6.45, 7) is 1.87. The fraction of sp³-hybridized carbons (Fsp3) is 0.211. The third-order valence-corrected chi connectivity index (χ3v) is 4.39. The van der Waals surface area contributed by atoms with Crippen molar-refractivity contribution >= 4 is 23.5 Å². The second-order valence-corrected chi connectivity index (χ2v) is 6.40. The average Bonchev–Trinajstić information content (AvgIpc) is 3.02. The summed E-state index contributed by atoms with van der Waals surface area (Å²) < 4.78 is 0. The van der Waals surface area contributed by atoms with E-state index in [0.29, 0.717) is 40.0 Å². The molecule has 0 aliphatic heterocycles. The van der Waals surface area contributed by atoms with Gasteiger partial charge in [-0.05, 0) is 30.7 Å². The average molecular weight is 386 g/mol. The van der Waals surface area contributed by atoms with Crippen molar-refractivity contribution in [3.05, 3.63) is 64.1 Å². The van der Waals surface area contributed by atoms with Crippen LogP contribution in [-0.2, 0) is 13.2 Å². The Balaban J connectivity index is 1.88. The Hall–Kier alpha value is -2.90. The number of aryl methyl sites for hydroxylation is 1. The van der Waals surface area contributed by atoms with Crippen molar-refractivity contribution in [2.24, 2.45) is 0 Å². The first kappa shape index (κ1) is 18.9. The van der Waals surface area contributed by atoms with E-state index in [4.69, 9.17) is 11.6 Å². The van der Waals surface area contributed by atoms with Crippen LogP contribution in [0.5, 0.6) is 0 Å². The zero-order valence-electron chi connectivity index (χ0n) is 15.0. The number of nitrogens with zero attached hydrogens (tertiary/aromatic N) is 2. The summed E-state index contributed by atoms with van der Waals surface area (Å²) >= 11 is 5.97. The molecule has 8 heteroatoms. The summed E-state index contributed by atoms with van der Waals surface area (Å²) in [6, 6.07) is 9.02. The fourth-order valence-electron chi connectivity index (χ4n) is 2.91. The highest BCUT2D eigenvalue weighted by Crippen LogP contribution is 2.29. The van der Waals surface area contributed by atoms with Gasteiger partial charge in [-0.2, -0.15) is 0 Å². The second-order valence-electron chi connectivity index (χ2n) is 5.96. The van der Waals surface area contributed by atoms with Gasteiger partial charge in [-0.3, -0.25) is 4.79 Å². The van der Waals surface area contributed by atoms with Gasteiger partial charge in [-0.15, -0.1) is 0 Å². The lowest BCUT2D eigenvalue weighted by Crippen LogP contribution is -2.24. The summed E-state index contributed by atoms with van der Waals surface area (Å²) in [6.07, 6.45) is 1.63. The molecule has 0 unspecified atom stereocenters. The molecular weight excluding hydrogens is 366 g/mol. The highest BCUT2D eigenvalue weighted by Gasteiger charge is 2.22. The van der Waals surface area contributed by atoms with Crippen LogP contribution < -0.4 is 10.6 Å². The van der Waals surface area contributed by atoms with Crippen LogP contribution in [0.25, 0.3) is 11.3 Å². The molecule has 0 spiro atoms. The van der Waals surface area contributed by atoms with E-state index in [-0.39, 0.29) is 12.5 Å². The summed E-state index contributed by atoms with van der Waals surface area (Å²) in [7, 11) is 1.73. The summed E-state index contributed by atoms with van der Waals surface area (Å²) in [5.41, 5.74) is 3.77. The molecular formula is C19H20ClN5O2. The van der Waals surface area contributed by atoms with E-state index in [1.807, 2.05) is 19.1 Å². The van der Waals surface area contributed by atoms with Gasteiger partial charge in [-0.1, -0.05) is 23.7 Å². The molecule has 0 aliphatic carbocycles.